The van der Waals surface area contributed by atoms with Gasteiger partial charge in [-0.1, -0.05) is 321 Å². The maximum Gasteiger partial charge on any atom is 0.220 e. The van der Waals surface area contributed by atoms with Gasteiger partial charge in [-0.05, 0) is 44.9 Å². The van der Waals surface area contributed by atoms with Crippen molar-refractivity contribution in [3.63, 3.8) is 0 Å². The summed E-state index contributed by atoms with van der Waals surface area (Å²) in [6.45, 7) is 2.89. The van der Waals surface area contributed by atoms with Crippen LogP contribution in [-0.2, 0) is 23.7 Å². The van der Waals surface area contributed by atoms with Crippen LogP contribution in [0.2, 0.25) is 0 Å². The minimum absolute atomic E-state index is 0.199. The summed E-state index contributed by atoms with van der Waals surface area (Å²) in [5, 5.41) is 87.5. The number of carbonyl (C=O) groups is 1. The Balaban J connectivity index is 1.54. The Labute approximate surface area is 539 Å². The molecule has 12 unspecified atom stereocenters. The van der Waals surface area contributed by atoms with E-state index in [1.54, 1.807) is 0 Å². The summed E-state index contributed by atoms with van der Waals surface area (Å²) in [4.78, 5) is 13.3. The molecule has 0 aliphatic carbocycles. The molecule has 0 aromatic heterocycles. The topological polar surface area (TPSA) is 228 Å². The Morgan fingerprint density at radius 2 is 0.750 bits per heavy atom. The van der Waals surface area contributed by atoms with E-state index in [9.17, 15) is 45.6 Å². The number of hydrogen-bond donors (Lipinski definition) is 9. The first-order valence-corrected chi connectivity index (χ1v) is 37.6. The van der Waals surface area contributed by atoms with Gasteiger partial charge in [0.15, 0.2) is 12.6 Å². The second-order valence-electron chi connectivity index (χ2n) is 26.8. The van der Waals surface area contributed by atoms with Crippen LogP contribution < -0.4 is 5.32 Å². The van der Waals surface area contributed by atoms with Gasteiger partial charge in [0, 0.05) is 6.42 Å². The maximum absolute atomic E-state index is 13.3. The van der Waals surface area contributed by atoms with Gasteiger partial charge in [0.1, 0.15) is 48.8 Å². The average Bonchev–Trinajstić information content (AvgIpc) is 2.99. The third-order valence-corrected chi connectivity index (χ3v) is 18.7. The predicted octanol–water partition coefficient (Wildman–Crippen LogP) is 15.9. The molecule has 0 saturated carbocycles. The van der Waals surface area contributed by atoms with E-state index in [1.807, 2.05) is 0 Å². The second-order valence-corrected chi connectivity index (χ2v) is 26.8. The van der Waals surface area contributed by atoms with Crippen LogP contribution in [0.3, 0.4) is 0 Å². The van der Waals surface area contributed by atoms with Crippen LogP contribution in [0.1, 0.15) is 348 Å². The number of hydrogen-bond acceptors (Lipinski definition) is 13. The van der Waals surface area contributed by atoms with Gasteiger partial charge in [-0.25, -0.2) is 0 Å². The third-order valence-electron chi connectivity index (χ3n) is 18.7. The third kappa shape index (κ3) is 42.6. The highest BCUT2D eigenvalue weighted by Crippen LogP contribution is 2.30. The smallest absolute Gasteiger partial charge is 0.220 e. The van der Waals surface area contributed by atoms with E-state index in [1.165, 1.54) is 263 Å². The zero-order valence-corrected chi connectivity index (χ0v) is 56.7. The fraction of sp³-hybridized carbons (Fsp3) is 0.932. The number of unbranched alkanes of at least 4 members (excludes halogenated alkanes) is 46. The zero-order valence-electron chi connectivity index (χ0n) is 56.7. The molecule has 1 amide bonds. The van der Waals surface area contributed by atoms with Gasteiger partial charge >= 0.3 is 0 Å². The maximum atomic E-state index is 13.3. The van der Waals surface area contributed by atoms with Crippen LogP contribution in [0.5, 0.6) is 0 Å². The number of carbonyl (C=O) groups excluding carboxylic acids is 1. The largest absolute Gasteiger partial charge is 0.394 e. The molecule has 2 saturated heterocycles. The van der Waals surface area contributed by atoms with Gasteiger partial charge in [-0.3, -0.25) is 4.79 Å². The van der Waals surface area contributed by atoms with Crippen molar-refractivity contribution in [1.82, 2.24) is 5.32 Å². The zero-order chi connectivity index (χ0) is 63.8. The number of ether oxygens (including phenoxy) is 4. The van der Waals surface area contributed by atoms with E-state index < -0.39 is 86.8 Å². The minimum atomic E-state index is -1.78. The molecule has 2 fully saturated rings. The molecule has 2 rings (SSSR count). The molecule has 2 aliphatic rings. The van der Waals surface area contributed by atoms with E-state index >= 15 is 0 Å². The van der Waals surface area contributed by atoms with Crippen molar-refractivity contribution < 1.29 is 64.6 Å². The molecule has 520 valence electrons. The lowest BCUT2D eigenvalue weighted by atomic mass is 9.97. The fourth-order valence-corrected chi connectivity index (χ4v) is 12.7. The number of nitrogens with one attached hydrogen (secondary N) is 1. The van der Waals surface area contributed by atoms with E-state index in [-0.39, 0.29) is 12.5 Å². The molecular formula is C74H141NO13. The van der Waals surface area contributed by atoms with E-state index in [2.05, 4.69) is 43.5 Å². The summed E-state index contributed by atoms with van der Waals surface area (Å²) in [5.41, 5.74) is 0. The monoisotopic (exact) mass is 1250 g/mol. The van der Waals surface area contributed by atoms with E-state index in [0.717, 1.165) is 57.8 Å². The van der Waals surface area contributed by atoms with Crippen molar-refractivity contribution in [3.8, 4) is 0 Å². The Hall–Kier alpha value is -1.53. The Morgan fingerprint density at radius 1 is 0.409 bits per heavy atom. The summed E-state index contributed by atoms with van der Waals surface area (Å²) in [6.07, 6.45) is 58.0. The summed E-state index contributed by atoms with van der Waals surface area (Å²) < 4.78 is 22.9. The number of allylic oxidation sites excluding steroid dienone is 4. The van der Waals surface area contributed by atoms with Gasteiger partial charge in [-0.2, -0.15) is 0 Å². The van der Waals surface area contributed by atoms with Crippen molar-refractivity contribution in [3.05, 3.63) is 24.3 Å². The van der Waals surface area contributed by atoms with Gasteiger partial charge < -0.3 is 65.1 Å². The number of amides is 1. The summed E-state index contributed by atoms with van der Waals surface area (Å²) >= 11 is 0. The molecule has 12 atom stereocenters. The Kier molecular flexibility index (Phi) is 55.6. The van der Waals surface area contributed by atoms with Gasteiger partial charge in [0.2, 0.25) is 5.91 Å². The molecule has 0 spiro atoms. The molecule has 14 heteroatoms. The summed E-state index contributed by atoms with van der Waals surface area (Å²) in [5.74, 6) is -0.199. The Morgan fingerprint density at radius 3 is 1.14 bits per heavy atom. The highest BCUT2D eigenvalue weighted by atomic mass is 16.7. The number of aliphatic hydroxyl groups excluding tert-OH is 8. The van der Waals surface area contributed by atoms with Crippen LogP contribution in [-0.4, -0.2) is 140 Å². The highest BCUT2D eigenvalue weighted by molar-refractivity contribution is 5.76. The molecule has 0 aromatic carbocycles. The van der Waals surface area contributed by atoms with Gasteiger partial charge in [-0.15, -0.1) is 0 Å². The first-order chi connectivity index (χ1) is 43.1. The minimum Gasteiger partial charge on any atom is -0.394 e. The summed E-state index contributed by atoms with van der Waals surface area (Å²) in [7, 11) is 0. The van der Waals surface area contributed by atoms with Crippen molar-refractivity contribution in [2.24, 2.45) is 0 Å². The van der Waals surface area contributed by atoms with Crippen molar-refractivity contribution in [2.75, 3.05) is 19.8 Å². The van der Waals surface area contributed by atoms with Crippen molar-refractivity contribution in [1.29, 1.82) is 0 Å². The van der Waals surface area contributed by atoms with Gasteiger partial charge in [0.25, 0.3) is 0 Å². The number of aliphatic hydroxyl groups is 8. The van der Waals surface area contributed by atoms with Crippen LogP contribution in [0, 0.1) is 0 Å². The van der Waals surface area contributed by atoms with E-state index in [4.69, 9.17) is 18.9 Å². The molecule has 2 heterocycles. The van der Waals surface area contributed by atoms with Crippen LogP contribution in [0.15, 0.2) is 24.3 Å². The van der Waals surface area contributed by atoms with Crippen LogP contribution in [0.4, 0.5) is 0 Å². The first kappa shape index (κ1) is 82.6. The van der Waals surface area contributed by atoms with Gasteiger partial charge in [0.05, 0.1) is 32.0 Å². The molecule has 9 N–H and O–H groups in total. The molecular weight excluding hydrogens is 1110 g/mol. The lowest BCUT2D eigenvalue weighted by Crippen LogP contribution is -2.65. The van der Waals surface area contributed by atoms with Crippen LogP contribution in [0.25, 0.3) is 0 Å². The highest BCUT2D eigenvalue weighted by Gasteiger charge is 2.51. The quantitative estimate of drug-likeness (QED) is 0.0204. The Bertz CT molecular complexity index is 1570. The SMILES string of the molecule is CCCCCCC/C=C\C/C=C\CCCCCCCCCCCCCCCCCCCCCCCCCCCCCC(=O)NC(COC1OC(CO)C(OC2OC(CO)C(O)C(O)C2O)C(O)C1O)C(O)CCCCCCCCCCCCCCCCC. The van der Waals surface area contributed by atoms with Crippen LogP contribution >= 0.6 is 0 Å². The van der Waals surface area contributed by atoms with Crippen molar-refractivity contribution in [2.45, 2.75) is 421 Å². The lowest BCUT2D eigenvalue weighted by molar-refractivity contribution is -0.359. The van der Waals surface area contributed by atoms with E-state index in [0.29, 0.717) is 12.8 Å². The average molecular weight is 1250 g/mol. The second kappa shape index (κ2) is 59.2. The number of rotatable bonds is 63. The molecule has 0 radical (unpaired) electrons. The molecule has 2 aliphatic heterocycles. The summed E-state index contributed by atoms with van der Waals surface area (Å²) in [6, 6.07) is -0.825. The standard InChI is InChI=1S/C74H141NO13/c1-3-5-7-9-11-13-15-17-19-20-21-22-23-24-25-26-27-28-29-30-31-32-33-34-35-36-37-38-39-40-41-42-44-46-48-50-52-54-56-58-66(79)75-62(63(78)57-55-53-51-49-47-45-43-18-16-14-12-10-8-6-4-2)61-85-73-71(84)69(82)72(65(60-77)87-73)88-74-70(83)68(81)67(80)64(59-76)86-74/h15,17,20-21,62-65,67-74,76-78,80-84H,3-14,16,18-19,22-61H2,1-2H3,(H,75,79)/b17-15-,21-20-. The molecule has 0 aromatic rings. The molecule has 14 nitrogen and oxygen atoms in total. The predicted molar refractivity (Wildman–Crippen MR) is 360 cm³/mol. The first-order valence-electron chi connectivity index (χ1n) is 37.6. The molecule has 88 heavy (non-hydrogen) atoms. The molecule has 0 bridgehead atoms. The van der Waals surface area contributed by atoms with Crippen molar-refractivity contribution >= 4 is 5.91 Å². The fourth-order valence-electron chi connectivity index (χ4n) is 12.7. The lowest BCUT2D eigenvalue weighted by Gasteiger charge is -2.46. The normalized spacial score (nSPS) is 23.2.